The van der Waals surface area contributed by atoms with Gasteiger partial charge >= 0.3 is 0 Å². The monoisotopic (exact) mass is 239 g/mol. The summed E-state index contributed by atoms with van der Waals surface area (Å²) in [6.45, 7) is 1.89. The number of thiophene rings is 1. The van der Waals surface area contributed by atoms with E-state index >= 15 is 0 Å². The number of nitrogens with zero attached hydrogens (tertiary/aromatic N) is 2. The van der Waals surface area contributed by atoms with Gasteiger partial charge in [0.15, 0.2) is 0 Å². The Morgan fingerprint density at radius 3 is 2.87 bits per heavy atom. The lowest BCUT2D eigenvalue weighted by molar-refractivity contribution is 0.595. The Morgan fingerprint density at radius 2 is 2.40 bits per heavy atom. The number of nitriles is 1. The number of halogens is 1. The Balaban J connectivity index is 2.56. The van der Waals surface area contributed by atoms with E-state index in [2.05, 4.69) is 4.98 Å². The van der Waals surface area contributed by atoms with Crippen LogP contribution >= 0.6 is 22.9 Å². The molecule has 2 heterocycles. The minimum Gasteiger partial charge on any atom is -0.419 e. The molecular formula is C9H6ClN3OS. The standard InChI is InChI=1S/C9H6ClN3OS/c1-4-3-15-7(6(4)10)9-13-5(2-11)8(12)14-9/h3H,12H2,1H3. The summed E-state index contributed by atoms with van der Waals surface area (Å²) in [7, 11) is 0. The first-order chi connectivity index (χ1) is 7.13. The Morgan fingerprint density at radius 1 is 1.67 bits per heavy atom. The average Bonchev–Trinajstić information content (AvgIpc) is 2.72. The van der Waals surface area contributed by atoms with E-state index in [9.17, 15) is 0 Å². The molecule has 0 aromatic carbocycles. The molecule has 0 unspecified atom stereocenters. The summed E-state index contributed by atoms with van der Waals surface area (Å²) in [6.07, 6.45) is 0. The van der Waals surface area contributed by atoms with Crippen LogP contribution in [0.5, 0.6) is 0 Å². The zero-order valence-corrected chi connectivity index (χ0v) is 9.32. The maximum absolute atomic E-state index is 8.67. The first kappa shape index (κ1) is 10.0. The van der Waals surface area contributed by atoms with E-state index in [0.29, 0.717) is 15.8 Å². The highest BCUT2D eigenvalue weighted by atomic mass is 35.5. The summed E-state index contributed by atoms with van der Waals surface area (Å²) in [6, 6.07) is 1.84. The van der Waals surface area contributed by atoms with E-state index in [1.807, 2.05) is 18.4 Å². The van der Waals surface area contributed by atoms with Crippen LogP contribution in [0.3, 0.4) is 0 Å². The Bertz CT molecular complexity index is 552. The molecule has 6 heteroatoms. The van der Waals surface area contributed by atoms with Crippen LogP contribution in [0, 0.1) is 18.3 Å². The van der Waals surface area contributed by atoms with E-state index < -0.39 is 0 Å². The number of nitrogens with two attached hydrogens (primary N) is 1. The van der Waals surface area contributed by atoms with Gasteiger partial charge in [-0.15, -0.1) is 11.3 Å². The van der Waals surface area contributed by atoms with E-state index in [-0.39, 0.29) is 11.6 Å². The second-order valence-electron chi connectivity index (χ2n) is 2.91. The highest BCUT2D eigenvalue weighted by molar-refractivity contribution is 7.14. The summed E-state index contributed by atoms with van der Waals surface area (Å²) in [4.78, 5) is 4.64. The molecule has 0 aliphatic heterocycles. The minimum atomic E-state index is 0.0228. The smallest absolute Gasteiger partial charge is 0.241 e. The fourth-order valence-corrected chi connectivity index (χ4v) is 2.28. The van der Waals surface area contributed by atoms with E-state index in [4.69, 9.17) is 27.0 Å². The second kappa shape index (κ2) is 3.57. The van der Waals surface area contributed by atoms with Crippen molar-refractivity contribution in [2.24, 2.45) is 0 Å². The normalized spacial score (nSPS) is 10.2. The van der Waals surface area contributed by atoms with Crippen LogP contribution in [-0.4, -0.2) is 4.98 Å². The molecule has 0 amide bonds. The number of aryl methyl sites for hydroxylation is 1. The van der Waals surface area contributed by atoms with Gasteiger partial charge in [0.1, 0.15) is 10.9 Å². The number of nitrogen functional groups attached to an aromatic ring is 1. The highest BCUT2D eigenvalue weighted by Gasteiger charge is 2.17. The van der Waals surface area contributed by atoms with E-state index in [0.717, 1.165) is 5.56 Å². The van der Waals surface area contributed by atoms with Crippen LogP contribution in [-0.2, 0) is 0 Å². The molecule has 0 radical (unpaired) electrons. The largest absolute Gasteiger partial charge is 0.419 e. The van der Waals surface area contributed by atoms with Crippen molar-refractivity contribution in [1.29, 1.82) is 5.26 Å². The van der Waals surface area contributed by atoms with Crippen LogP contribution < -0.4 is 5.73 Å². The Kier molecular flexibility index (Phi) is 2.39. The van der Waals surface area contributed by atoms with Crippen molar-refractivity contribution in [2.75, 3.05) is 5.73 Å². The van der Waals surface area contributed by atoms with Gasteiger partial charge in [0.2, 0.25) is 17.5 Å². The Labute approximate surface area is 94.9 Å². The maximum Gasteiger partial charge on any atom is 0.241 e. The topological polar surface area (TPSA) is 75.8 Å². The van der Waals surface area contributed by atoms with E-state index in [1.165, 1.54) is 11.3 Å². The molecule has 0 fully saturated rings. The van der Waals surface area contributed by atoms with Crippen LogP contribution in [0.15, 0.2) is 9.80 Å². The molecule has 0 saturated carbocycles. The summed E-state index contributed by atoms with van der Waals surface area (Å²) < 4.78 is 5.16. The molecule has 0 aliphatic rings. The SMILES string of the molecule is Cc1csc(-c2nc(C#N)c(N)o2)c1Cl. The predicted octanol–water partition coefficient (Wildman–Crippen LogP) is 2.82. The molecule has 2 N–H and O–H groups in total. The van der Waals surface area contributed by atoms with Gasteiger partial charge in [0, 0.05) is 0 Å². The van der Waals surface area contributed by atoms with Gasteiger partial charge in [-0.25, -0.2) is 0 Å². The van der Waals surface area contributed by atoms with Crippen molar-refractivity contribution in [2.45, 2.75) is 6.92 Å². The summed E-state index contributed by atoms with van der Waals surface area (Å²) in [5.41, 5.74) is 6.50. The van der Waals surface area contributed by atoms with Gasteiger partial charge in [-0.05, 0) is 17.9 Å². The maximum atomic E-state index is 8.67. The summed E-state index contributed by atoms with van der Waals surface area (Å²) >= 11 is 7.44. The third-order valence-electron chi connectivity index (χ3n) is 1.85. The molecule has 15 heavy (non-hydrogen) atoms. The average molecular weight is 240 g/mol. The molecule has 2 aromatic heterocycles. The summed E-state index contributed by atoms with van der Waals surface area (Å²) in [5, 5.41) is 11.2. The summed E-state index contributed by atoms with van der Waals surface area (Å²) in [5.74, 6) is 0.321. The first-order valence-electron chi connectivity index (χ1n) is 4.04. The highest BCUT2D eigenvalue weighted by Crippen LogP contribution is 2.36. The molecule has 0 bridgehead atoms. The van der Waals surface area contributed by atoms with Crippen LogP contribution in [0.25, 0.3) is 10.8 Å². The van der Waals surface area contributed by atoms with Crippen molar-refractivity contribution >= 4 is 28.8 Å². The van der Waals surface area contributed by atoms with Crippen LogP contribution in [0.1, 0.15) is 11.3 Å². The molecule has 0 aliphatic carbocycles. The minimum absolute atomic E-state index is 0.0228. The number of oxazole rings is 1. The zero-order chi connectivity index (χ0) is 11.0. The molecule has 0 spiro atoms. The number of rotatable bonds is 1. The second-order valence-corrected chi connectivity index (χ2v) is 4.16. The van der Waals surface area contributed by atoms with Gasteiger partial charge < -0.3 is 10.2 Å². The molecule has 0 saturated heterocycles. The lowest BCUT2D eigenvalue weighted by Gasteiger charge is -1.90. The van der Waals surface area contributed by atoms with Gasteiger partial charge in [-0.1, -0.05) is 11.6 Å². The number of hydrogen-bond donors (Lipinski definition) is 1. The van der Waals surface area contributed by atoms with Crippen LogP contribution in [0.2, 0.25) is 5.02 Å². The lowest BCUT2D eigenvalue weighted by Crippen LogP contribution is -1.84. The fourth-order valence-electron chi connectivity index (χ4n) is 1.08. The lowest BCUT2D eigenvalue weighted by atomic mass is 10.3. The molecular weight excluding hydrogens is 234 g/mol. The van der Waals surface area contributed by atoms with Crippen molar-refractivity contribution in [3.63, 3.8) is 0 Å². The molecule has 76 valence electrons. The number of aromatic nitrogens is 1. The van der Waals surface area contributed by atoms with Gasteiger partial charge in [-0.2, -0.15) is 10.2 Å². The molecule has 0 atom stereocenters. The van der Waals surface area contributed by atoms with Gasteiger partial charge in [-0.3, -0.25) is 0 Å². The third-order valence-corrected chi connectivity index (χ3v) is 3.54. The number of hydrogen-bond acceptors (Lipinski definition) is 5. The molecule has 4 nitrogen and oxygen atoms in total. The Hall–Kier alpha value is -1.51. The van der Waals surface area contributed by atoms with Crippen molar-refractivity contribution in [3.8, 4) is 16.8 Å². The van der Waals surface area contributed by atoms with E-state index in [1.54, 1.807) is 0 Å². The quantitative estimate of drug-likeness (QED) is 0.830. The first-order valence-corrected chi connectivity index (χ1v) is 5.29. The van der Waals surface area contributed by atoms with Crippen LogP contribution in [0.4, 0.5) is 5.88 Å². The number of anilines is 1. The van der Waals surface area contributed by atoms with Gasteiger partial charge in [0.05, 0.1) is 5.02 Å². The van der Waals surface area contributed by atoms with Crippen molar-refractivity contribution in [1.82, 2.24) is 4.98 Å². The third kappa shape index (κ3) is 1.58. The van der Waals surface area contributed by atoms with Gasteiger partial charge in [0.25, 0.3) is 0 Å². The zero-order valence-electron chi connectivity index (χ0n) is 7.74. The fraction of sp³-hybridized carbons (Fsp3) is 0.111. The van der Waals surface area contributed by atoms with Crippen molar-refractivity contribution < 1.29 is 4.42 Å². The molecule has 2 aromatic rings. The van der Waals surface area contributed by atoms with Crippen molar-refractivity contribution in [3.05, 3.63) is 21.7 Å². The predicted molar refractivity (Wildman–Crippen MR) is 58.7 cm³/mol. The molecule has 2 rings (SSSR count).